The summed E-state index contributed by atoms with van der Waals surface area (Å²) in [6, 6.07) is -0.623. The number of alkyl halides is 4. The average molecular weight is 265 g/mol. The number of hydrogen-bond donors (Lipinski definition) is 2. The predicted molar refractivity (Wildman–Crippen MR) is 51.9 cm³/mol. The third-order valence-corrected chi connectivity index (χ3v) is 2.34. The zero-order valence-corrected chi connectivity index (χ0v) is 9.08. The maximum absolute atomic E-state index is 12.5. The van der Waals surface area contributed by atoms with E-state index in [9.17, 15) is 22.4 Å². The molecule has 16 heavy (non-hydrogen) atoms. The molecule has 3 nitrogen and oxygen atoms in total. The molecule has 1 fully saturated rings. The van der Waals surface area contributed by atoms with Crippen LogP contribution < -0.4 is 11.1 Å². The highest BCUT2D eigenvalue weighted by Gasteiger charge is 2.50. The van der Waals surface area contributed by atoms with Crippen molar-refractivity contribution in [2.45, 2.75) is 31.2 Å². The first-order valence-electron chi connectivity index (χ1n) is 4.56. The first-order valence-corrected chi connectivity index (χ1v) is 4.56. The average Bonchev–Trinajstić information content (AvgIpc) is 2.96. The molecule has 1 aliphatic carbocycles. The van der Waals surface area contributed by atoms with Gasteiger partial charge in [-0.3, -0.25) is 4.79 Å². The van der Waals surface area contributed by atoms with Crippen molar-refractivity contribution in [2.75, 3.05) is 6.54 Å². The van der Waals surface area contributed by atoms with E-state index in [0.29, 0.717) is 0 Å². The van der Waals surface area contributed by atoms with Crippen molar-refractivity contribution in [3.8, 4) is 0 Å². The van der Waals surface area contributed by atoms with Crippen molar-refractivity contribution in [3.05, 3.63) is 0 Å². The van der Waals surface area contributed by atoms with Crippen LogP contribution in [0.25, 0.3) is 0 Å². The fourth-order valence-corrected chi connectivity index (χ4v) is 1.23. The normalized spacial score (nSPS) is 17.9. The molecular weight excluding hydrogens is 252 g/mol. The summed E-state index contributed by atoms with van der Waals surface area (Å²) in [5, 5.41) is 1.86. The molecule has 0 radical (unpaired) electrons. The van der Waals surface area contributed by atoms with Gasteiger partial charge >= 0.3 is 12.3 Å². The number of carbonyl (C=O) groups is 1. The van der Waals surface area contributed by atoms with E-state index in [0.717, 1.165) is 12.8 Å². The monoisotopic (exact) mass is 264 g/mol. The lowest BCUT2D eigenvalue weighted by molar-refractivity contribution is -0.170. The Labute approximate surface area is 96.2 Å². The minimum Gasteiger partial charge on any atom is -0.346 e. The van der Waals surface area contributed by atoms with E-state index in [1.54, 1.807) is 0 Å². The molecular formula is C8H13ClF4N2O. The summed E-state index contributed by atoms with van der Waals surface area (Å²) in [7, 11) is 0. The van der Waals surface area contributed by atoms with Crippen molar-refractivity contribution in [2.24, 2.45) is 11.7 Å². The number of nitrogens with one attached hydrogen (secondary N) is 1. The van der Waals surface area contributed by atoms with Crippen LogP contribution in [0.4, 0.5) is 17.6 Å². The van der Waals surface area contributed by atoms with Gasteiger partial charge in [-0.25, -0.2) is 8.78 Å². The molecule has 8 heteroatoms. The molecule has 3 N–H and O–H groups in total. The van der Waals surface area contributed by atoms with Crippen LogP contribution in [0.1, 0.15) is 12.8 Å². The Bertz CT molecular complexity index is 248. The van der Waals surface area contributed by atoms with E-state index in [1.165, 1.54) is 0 Å². The lowest BCUT2D eigenvalue weighted by Gasteiger charge is -2.20. The molecule has 1 atom stereocenters. The molecule has 1 amide bonds. The summed E-state index contributed by atoms with van der Waals surface area (Å²) in [6.45, 7) is -0.0181. The van der Waals surface area contributed by atoms with Crippen LogP contribution in [0.5, 0.6) is 0 Å². The molecule has 1 saturated carbocycles. The SMILES string of the molecule is Cl.NCC(NC(=O)C(F)(F)C(F)F)C1CC1. The van der Waals surface area contributed by atoms with Crippen LogP contribution in [-0.2, 0) is 4.79 Å². The van der Waals surface area contributed by atoms with E-state index < -0.39 is 24.3 Å². The van der Waals surface area contributed by atoms with Gasteiger partial charge in [0, 0.05) is 12.6 Å². The molecule has 1 unspecified atom stereocenters. The van der Waals surface area contributed by atoms with Crippen molar-refractivity contribution >= 4 is 18.3 Å². The number of amides is 1. The fourth-order valence-electron chi connectivity index (χ4n) is 1.23. The van der Waals surface area contributed by atoms with Gasteiger partial charge in [-0.1, -0.05) is 0 Å². The number of carbonyl (C=O) groups excluding carboxylic acids is 1. The van der Waals surface area contributed by atoms with Crippen LogP contribution in [0.2, 0.25) is 0 Å². The lowest BCUT2D eigenvalue weighted by Crippen LogP contribution is -2.51. The number of hydrogen-bond acceptors (Lipinski definition) is 2. The summed E-state index contributed by atoms with van der Waals surface area (Å²) >= 11 is 0. The maximum atomic E-state index is 12.5. The Morgan fingerprint density at radius 3 is 2.25 bits per heavy atom. The first-order chi connectivity index (χ1) is 6.89. The van der Waals surface area contributed by atoms with Gasteiger partial charge in [-0.2, -0.15) is 8.78 Å². The number of nitrogens with two attached hydrogens (primary N) is 1. The van der Waals surface area contributed by atoms with Gasteiger partial charge in [0.1, 0.15) is 0 Å². The zero-order chi connectivity index (χ0) is 11.6. The third kappa shape index (κ3) is 3.48. The quantitative estimate of drug-likeness (QED) is 0.732. The Hall–Kier alpha value is -0.560. The largest absolute Gasteiger partial charge is 0.383 e. The Morgan fingerprint density at radius 1 is 1.44 bits per heavy atom. The molecule has 1 rings (SSSR count). The van der Waals surface area contributed by atoms with Gasteiger partial charge in [-0.15, -0.1) is 12.4 Å². The summed E-state index contributed by atoms with van der Waals surface area (Å²) in [4.78, 5) is 10.8. The molecule has 0 bridgehead atoms. The minimum atomic E-state index is -4.64. The first kappa shape index (κ1) is 15.4. The highest BCUT2D eigenvalue weighted by molar-refractivity contribution is 5.85. The molecule has 0 aromatic heterocycles. The van der Waals surface area contributed by atoms with Gasteiger partial charge in [-0.05, 0) is 18.8 Å². The fraction of sp³-hybridized carbons (Fsp3) is 0.875. The highest BCUT2D eigenvalue weighted by atomic mass is 35.5. The minimum absolute atomic E-state index is 0. The summed E-state index contributed by atoms with van der Waals surface area (Å²) in [5.74, 6) is -6.53. The van der Waals surface area contributed by atoms with E-state index >= 15 is 0 Å². The lowest BCUT2D eigenvalue weighted by atomic mass is 10.1. The Kier molecular flexibility index (Phi) is 5.48. The molecule has 1 aliphatic rings. The van der Waals surface area contributed by atoms with Crippen LogP contribution in [-0.4, -0.2) is 30.8 Å². The molecule has 0 spiro atoms. The zero-order valence-electron chi connectivity index (χ0n) is 8.26. The van der Waals surface area contributed by atoms with Crippen LogP contribution in [0.3, 0.4) is 0 Å². The van der Waals surface area contributed by atoms with Gasteiger partial charge in [0.05, 0.1) is 0 Å². The highest BCUT2D eigenvalue weighted by Crippen LogP contribution is 2.33. The summed E-state index contributed by atoms with van der Waals surface area (Å²) in [6.07, 6.45) is -2.43. The molecule has 96 valence electrons. The van der Waals surface area contributed by atoms with E-state index in [1.807, 2.05) is 5.32 Å². The van der Waals surface area contributed by atoms with Crippen molar-refractivity contribution in [3.63, 3.8) is 0 Å². The second kappa shape index (κ2) is 5.67. The van der Waals surface area contributed by atoms with Crippen molar-refractivity contribution in [1.29, 1.82) is 0 Å². The smallest absolute Gasteiger partial charge is 0.346 e. The second-order valence-corrected chi connectivity index (χ2v) is 3.58. The van der Waals surface area contributed by atoms with Crippen LogP contribution in [0, 0.1) is 5.92 Å². The van der Waals surface area contributed by atoms with E-state index in [4.69, 9.17) is 5.73 Å². The Balaban J connectivity index is 0.00000225. The molecule has 0 aromatic rings. The number of rotatable bonds is 5. The van der Waals surface area contributed by atoms with Crippen LogP contribution >= 0.6 is 12.4 Å². The van der Waals surface area contributed by atoms with Crippen molar-refractivity contribution in [1.82, 2.24) is 5.32 Å². The summed E-state index contributed by atoms with van der Waals surface area (Å²) in [5.41, 5.74) is 5.23. The third-order valence-electron chi connectivity index (χ3n) is 2.34. The standard InChI is InChI=1S/C8H12F4N2O.ClH/c9-6(10)8(11,12)7(15)14-5(3-13)4-1-2-4;/h4-6H,1-3,13H2,(H,14,15);1H. The van der Waals surface area contributed by atoms with Crippen LogP contribution in [0.15, 0.2) is 0 Å². The molecule has 0 heterocycles. The predicted octanol–water partition coefficient (Wildman–Crippen LogP) is 1.16. The molecule has 0 saturated heterocycles. The van der Waals surface area contributed by atoms with Gasteiger partial charge in [0.25, 0.3) is 5.91 Å². The topological polar surface area (TPSA) is 55.1 Å². The van der Waals surface area contributed by atoms with Crippen molar-refractivity contribution < 1.29 is 22.4 Å². The number of halogens is 5. The molecule has 0 aliphatic heterocycles. The Morgan fingerprint density at radius 2 is 1.94 bits per heavy atom. The molecule has 0 aromatic carbocycles. The maximum Gasteiger partial charge on any atom is 0.383 e. The second-order valence-electron chi connectivity index (χ2n) is 3.58. The van der Waals surface area contributed by atoms with E-state index in [2.05, 4.69) is 0 Å². The van der Waals surface area contributed by atoms with Gasteiger partial charge < -0.3 is 11.1 Å². The van der Waals surface area contributed by atoms with E-state index in [-0.39, 0.29) is 24.9 Å². The summed E-state index contributed by atoms with van der Waals surface area (Å²) < 4.78 is 48.6. The van der Waals surface area contributed by atoms with Gasteiger partial charge in [0.15, 0.2) is 0 Å². The van der Waals surface area contributed by atoms with Gasteiger partial charge in [0.2, 0.25) is 0 Å².